The Bertz CT molecular complexity index is 206. The van der Waals surface area contributed by atoms with Gasteiger partial charge in [0.15, 0.2) is 0 Å². The standard InChI is InChI=1S/C7H13O3S/c1-3-5-6-7(4-2)11(8,9)10/h4,7H,1-3,5-6H2,(H,8,9,10). The van der Waals surface area contributed by atoms with Gasteiger partial charge in [-0.3, -0.25) is 4.55 Å². The molecule has 0 fully saturated rings. The van der Waals surface area contributed by atoms with Crippen molar-refractivity contribution in [3.63, 3.8) is 0 Å². The highest BCUT2D eigenvalue weighted by atomic mass is 32.2. The van der Waals surface area contributed by atoms with Gasteiger partial charge in [-0.05, 0) is 6.42 Å². The number of hydrogen-bond donors (Lipinski definition) is 1. The number of hydrogen-bond acceptors (Lipinski definition) is 2. The average molecular weight is 177 g/mol. The molecule has 1 N–H and O–H groups in total. The van der Waals surface area contributed by atoms with Crippen molar-refractivity contribution in [1.82, 2.24) is 0 Å². The largest absolute Gasteiger partial charge is 0.285 e. The van der Waals surface area contributed by atoms with Crippen molar-refractivity contribution in [2.75, 3.05) is 0 Å². The van der Waals surface area contributed by atoms with Crippen LogP contribution in [0.2, 0.25) is 0 Å². The fourth-order valence-electron chi connectivity index (χ4n) is 0.734. The predicted octanol–water partition coefficient (Wildman–Crippen LogP) is 1.43. The normalized spacial score (nSPS) is 14.4. The maximum atomic E-state index is 10.5. The number of rotatable bonds is 5. The van der Waals surface area contributed by atoms with Gasteiger partial charge in [-0.2, -0.15) is 8.42 Å². The highest BCUT2D eigenvalue weighted by Crippen LogP contribution is 2.09. The molecule has 0 aliphatic rings. The first-order valence-corrected chi connectivity index (χ1v) is 4.90. The van der Waals surface area contributed by atoms with Gasteiger partial charge >= 0.3 is 0 Å². The molecule has 0 saturated carbocycles. The first-order chi connectivity index (χ1) is 5.02. The van der Waals surface area contributed by atoms with E-state index in [1.54, 1.807) is 0 Å². The maximum absolute atomic E-state index is 10.5. The molecule has 1 atom stereocenters. The van der Waals surface area contributed by atoms with Crippen LogP contribution in [0.25, 0.3) is 0 Å². The Morgan fingerprint density at radius 1 is 1.55 bits per heavy atom. The highest BCUT2D eigenvalue weighted by molar-refractivity contribution is 7.86. The molecular formula is C7H13O3S. The van der Waals surface area contributed by atoms with Gasteiger partial charge in [0.2, 0.25) is 0 Å². The van der Waals surface area contributed by atoms with Crippen LogP contribution in [0.4, 0.5) is 0 Å². The Hall–Kier alpha value is -0.350. The topological polar surface area (TPSA) is 54.4 Å². The smallest absolute Gasteiger partial charge is 0.271 e. The minimum Gasteiger partial charge on any atom is -0.285 e. The lowest BCUT2D eigenvalue weighted by molar-refractivity contribution is 0.470. The van der Waals surface area contributed by atoms with Crippen molar-refractivity contribution < 1.29 is 13.0 Å². The zero-order valence-corrected chi connectivity index (χ0v) is 7.18. The lowest BCUT2D eigenvalue weighted by atomic mass is 10.2. The van der Waals surface area contributed by atoms with E-state index in [4.69, 9.17) is 4.55 Å². The van der Waals surface area contributed by atoms with Crippen LogP contribution in [0.15, 0.2) is 12.7 Å². The quantitative estimate of drug-likeness (QED) is 0.510. The average Bonchev–Trinajstić information content (AvgIpc) is 1.87. The van der Waals surface area contributed by atoms with E-state index in [9.17, 15) is 8.42 Å². The summed E-state index contributed by atoms with van der Waals surface area (Å²) in [7, 11) is -3.93. The van der Waals surface area contributed by atoms with E-state index in [2.05, 4.69) is 13.5 Å². The Balaban J connectivity index is 4.08. The summed E-state index contributed by atoms with van der Waals surface area (Å²) in [4.78, 5) is 0. The van der Waals surface area contributed by atoms with E-state index in [1.807, 2.05) is 0 Å². The third-order valence-corrected chi connectivity index (χ3v) is 2.58. The minimum atomic E-state index is -3.93. The van der Waals surface area contributed by atoms with Crippen molar-refractivity contribution in [1.29, 1.82) is 0 Å². The molecular weight excluding hydrogens is 164 g/mol. The van der Waals surface area contributed by atoms with Gasteiger partial charge in [0.1, 0.15) is 5.25 Å². The van der Waals surface area contributed by atoms with E-state index in [-0.39, 0.29) is 0 Å². The predicted molar refractivity (Wildman–Crippen MR) is 44.7 cm³/mol. The molecule has 0 aromatic rings. The highest BCUT2D eigenvalue weighted by Gasteiger charge is 2.17. The summed E-state index contributed by atoms with van der Waals surface area (Å²) in [5.41, 5.74) is 0. The molecule has 0 saturated heterocycles. The van der Waals surface area contributed by atoms with Crippen LogP contribution in [0, 0.1) is 6.92 Å². The van der Waals surface area contributed by atoms with Crippen LogP contribution in [-0.2, 0) is 10.1 Å². The second-order valence-corrected chi connectivity index (χ2v) is 3.92. The summed E-state index contributed by atoms with van der Waals surface area (Å²) in [6.07, 6.45) is 2.98. The Kier molecular flexibility index (Phi) is 4.37. The van der Waals surface area contributed by atoms with Crippen molar-refractivity contribution in [2.45, 2.75) is 24.5 Å². The van der Waals surface area contributed by atoms with Crippen LogP contribution in [0.3, 0.4) is 0 Å². The van der Waals surface area contributed by atoms with Gasteiger partial charge < -0.3 is 0 Å². The Morgan fingerprint density at radius 2 is 2.09 bits per heavy atom. The zero-order valence-electron chi connectivity index (χ0n) is 6.36. The summed E-state index contributed by atoms with van der Waals surface area (Å²) < 4.78 is 29.6. The van der Waals surface area contributed by atoms with Crippen molar-refractivity contribution >= 4 is 10.1 Å². The fraction of sp³-hybridized carbons (Fsp3) is 0.571. The van der Waals surface area contributed by atoms with Gasteiger partial charge in [0, 0.05) is 0 Å². The molecule has 0 heterocycles. The van der Waals surface area contributed by atoms with Gasteiger partial charge in [-0.25, -0.2) is 0 Å². The first kappa shape index (κ1) is 10.7. The maximum Gasteiger partial charge on any atom is 0.271 e. The van der Waals surface area contributed by atoms with Gasteiger partial charge in [0.05, 0.1) is 0 Å². The molecule has 1 radical (unpaired) electrons. The third kappa shape index (κ3) is 4.16. The molecule has 0 bridgehead atoms. The van der Waals surface area contributed by atoms with E-state index in [0.29, 0.717) is 19.3 Å². The molecule has 0 amide bonds. The summed E-state index contributed by atoms with van der Waals surface area (Å²) in [5.74, 6) is 0. The van der Waals surface area contributed by atoms with E-state index < -0.39 is 15.4 Å². The molecule has 65 valence electrons. The van der Waals surface area contributed by atoms with Gasteiger partial charge in [0.25, 0.3) is 10.1 Å². The van der Waals surface area contributed by atoms with Crippen LogP contribution in [0.5, 0.6) is 0 Å². The Labute approximate surface area is 67.9 Å². The van der Waals surface area contributed by atoms with Gasteiger partial charge in [-0.15, -0.1) is 6.58 Å². The summed E-state index contributed by atoms with van der Waals surface area (Å²) in [6, 6.07) is 0. The van der Waals surface area contributed by atoms with Crippen molar-refractivity contribution in [2.24, 2.45) is 0 Å². The monoisotopic (exact) mass is 177 g/mol. The second-order valence-electron chi connectivity index (χ2n) is 2.28. The Morgan fingerprint density at radius 3 is 2.36 bits per heavy atom. The summed E-state index contributed by atoms with van der Waals surface area (Å²) in [5, 5.41) is -0.829. The first-order valence-electron chi connectivity index (χ1n) is 3.40. The molecule has 0 aliphatic carbocycles. The van der Waals surface area contributed by atoms with E-state index >= 15 is 0 Å². The zero-order chi connectivity index (χ0) is 8.91. The SMILES string of the molecule is [CH2]CCCC(C=C)S(=O)(=O)O. The molecule has 0 aromatic carbocycles. The van der Waals surface area contributed by atoms with Crippen LogP contribution >= 0.6 is 0 Å². The third-order valence-electron chi connectivity index (χ3n) is 1.38. The molecule has 0 aliphatic heterocycles. The minimum absolute atomic E-state index is 0.395. The molecule has 4 heteroatoms. The molecule has 11 heavy (non-hydrogen) atoms. The molecule has 0 spiro atoms. The molecule has 0 rings (SSSR count). The molecule has 0 aromatic heterocycles. The summed E-state index contributed by atoms with van der Waals surface area (Å²) in [6.45, 7) is 6.88. The summed E-state index contributed by atoms with van der Waals surface area (Å²) >= 11 is 0. The van der Waals surface area contributed by atoms with Crippen LogP contribution < -0.4 is 0 Å². The van der Waals surface area contributed by atoms with Crippen LogP contribution in [0.1, 0.15) is 19.3 Å². The lowest BCUT2D eigenvalue weighted by Crippen LogP contribution is -2.17. The van der Waals surface area contributed by atoms with Crippen LogP contribution in [-0.4, -0.2) is 18.2 Å². The molecule has 1 unspecified atom stereocenters. The molecule has 3 nitrogen and oxygen atoms in total. The van der Waals surface area contributed by atoms with Crippen molar-refractivity contribution in [3.8, 4) is 0 Å². The second kappa shape index (κ2) is 4.51. The van der Waals surface area contributed by atoms with Gasteiger partial charge in [-0.1, -0.05) is 25.8 Å². The van der Waals surface area contributed by atoms with E-state index in [0.717, 1.165) is 0 Å². The fourth-order valence-corrected chi connectivity index (χ4v) is 1.44. The van der Waals surface area contributed by atoms with Crippen molar-refractivity contribution in [3.05, 3.63) is 19.6 Å². The van der Waals surface area contributed by atoms with E-state index in [1.165, 1.54) is 6.08 Å². The number of unbranched alkanes of at least 4 members (excludes halogenated alkanes) is 1. The lowest BCUT2D eigenvalue weighted by Gasteiger charge is -2.06.